The highest BCUT2D eigenvalue weighted by molar-refractivity contribution is 7.85. The molecule has 7 nitrogen and oxygen atoms in total. The summed E-state index contributed by atoms with van der Waals surface area (Å²) in [4.78, 5) is 16.5. The Morgan fingerprint density at radius 2 is 2.10 bits per heavy atom. The second-order valence-corrected chi connectivity index (χ2v) is 10.1. The average Bonchev–Trinajstić information content (AvgIpc) is 3.38. The van der Waals surface area contributed by atoms with Gasteiger partial charge in [-0.05, 0) is 55.2 Å². The Balaban J connectivity index is 1.36. The first-order valence-corrected chi connectivity index (χ1v) is 11.7. The molecule has 2 aromatic heterocycles. The van der Waals surface area contributed by atoms with E-state index in [1.54, 1.807) is 0 Å². The molecule has 29 heavy (non-hydrogen) atoms. The molecule has 154 valence electrons. The van der Waals surface area contributed by atoms with E-state index in [1.165, 1.54) is 12.0 Å². The van der Waals surface area contributed by atoms with Crippen LogP contribution in [0.25, 0.3) is 0 Å². The molecule has 0 saturated heterocycles. The van der Waals surface area contributed by atoms with Gasteiger partial charge in [-0.3, -0.25) is 9.19 Å². The molecule has 3 heterocycles. The SMILES string of the molecule is CN(C[C@H]1C[C@@H]1c1ccncc1)c1nc2c(c(NC3(CO)CCC3)n1)[S@](=O)CC2. The quantitative estimate of drug-likeness (QED) is 0.718. The number of aromatic nitrogens is 3. The van der Waals surface area contributed by atoms with Crippen molar-refractivity contribution in [1.29, 1.82) is 0 Å². The molecular formula is C21H27N5O2S. The van der Waals surface area contributed by atoms with Crippen LogP contribution in [-0.2, 0) is 17.2 Å². The third kappa shape index (κ3) is 3.53. The van der Waals surface area contributed by atoms with Gasteiger partial charge in [0.05, 0.1) is 28.6 Å². The largest absolute Gasteiger partial charge is 0.394 e. The van der Waals surface area contributed by atoms with E-state index in [-0.39, 0.29) is 12.1 Å². The van der Waals surface area contributed by atoms with Crippen molar-refractivity contribution in [2.24, 2.45) is 5.92 Å². The summed E-state index contributed by atoms with van der Waals surface area (Å²) in [5.41, 5.74) is 1.91. The molecule has 1 aliphatic heterocycles. The van der Waals surface area contributed by atoms with Crippen LogP contribution in [0.2, 0.25) is 0 Å². The number of aryl methyl sites for hydroxylation is 1. The monoisotopic (exact) mass is 413 g/mol. The first-order valence-electron chi connectivity index (χ1n) is 10.4. The second-order valence-electron chi connectivity index (χ2n) is 8.63. The maximum Gasteiger partial charge on any atom is 0.227 e. The predicted molar refractivity (Wildman–Crippen MR) is 113 cm³/mol. The molecule has 0 unspecified atom stereocenters. The molecule has 0 spiro atoms. The van der Waals surface area contributed by atoms with Crippen LogP contribution in [0.3, 0.4) is 0 Å². The lowest BCUT2D eigenvalue weighted by atomic mass is 9.77. The van der Waals surface area contributed by atoms with Gasteiger partial charge in [0.25, 0.3) is 0 Å². The minimum atomic E-state index is -1.07. The van der Waals surface area contributed by atoms with Crippen LogP contribution in [0.5, 0.6) is 0 Å². The molecule has 0 radical (unpaired) electrons. The average molecular weight is 414 g/mol. The van der Waals surface area contributed by atoms with Crippen molar-refractivity contribution in [3.8, 4) is 0 Å². The van der Waals surface area contributed by atoms with E-state index in [2.05, 4.69) is 27.3 Å². The molecule has 5 rings (SSSR count). The summed E-state index contributed by atoms with van der Waals surface area (Å²) in [5.74, 6) is 3.10. The Hall–Kier alpha value is -2.06. The van der Waals surface area contributed by atoms with Crippen LogP contribution in [0.4, 0.5) is 11.8 Å². The zero-order valence-electron chi connectivity index (χ0n) is 16.7. The fourth-order valence-electron chi connectivity index (χ4n) is 4.52. The molecule has 0 aromatic carbocycles. The summed E-state index contributed by atoms with van der Waals surface area (Å²) < 4.78 is 12.5. The lowest BCUT2D eigenvalue weighted by Gasteiger charge is -2.41. The molecular weight excluding hydrogens is 386 g/mol. The number of hydrogen-bond donors (Lipinski definition) is 2. The van der Waals surface area contributed by atoms with Crippen LogP contribution in [0.15, 0.2) is 29.4 Å². The van der Waals surface area contributed by atoms with Gasteiger partial charge < -0.3 is 15.3 Å². The van der Waals surface area contributed by atoms with E-state index in [0.29, 0.717) is 29.4 Å². The molecule has 0 bridgehead atoms. The molecule has 0 amide bonds. The number of hydrogen-bond acceptors (Lipinski definition) is 7. The smallest absolute Gasteiger partial charge is 0.227 e. The molecule has 2 aliphatic carbocycles. The Morgan fingerprint density at radius 1 is 1.31 bits per heavy atom. The first-order chi connectivity index (χ1) is 14.1. The fraction of sp³-hybridized carbons (Fsp3) is 0.571. The summed E-state index contributed by atoms with van der Waals surface area (Å²) in [6.45, 7) is 0.957. The summed E-state index contributed by atoms with van der Waals surface area (Å²) in [5, 5.41) is 13.3. The van der Waals surface area contributed by atoms with E-state index in [1.807, 2.05) is 19.4 Å². The third-order valence-electron chi connectivity index (χ3n) is 6.58. The Morgan fingerprint density at radius 3 is 2.79 bits per heavy atom. The predicted octanol–water partition coefficient (Wildman–Crippen LogP) is 2.10. The number of anilines is 2. The van der Waals surface area contributed by atoms with E-state index >= 15 is 0 Å². The third-order valence-corrected chi connectivity index (χ3v) is 8.04. The first kappa shape index (κ1) is 18.9. The number of rotatable bonds is 7. The van der Waals surface area contributed by atoms with Crippen molar-refractivity contribution in [1.82, 2.24) is 15.0 Å². The highest BCUT2D eigenvalue weighted by atomic mass is 32.2. The van der Waals surface area contributed by atoms with Crippen molar-refractivity contribution < 1.29 is 9.32 Å². The molecule has 2 fully saturated rings. The van der Waals surface area contributed by atoms with Gasteiger partial charge in [-0.2, -0.15) is 4.98 Å². The molecule has 2 saturated carbocycles. The Labute approximate surface area is 173 Å². The van der Waals surface area contributed by atoms with Gasteiger partial charge in [0.1, 0.15) is 10.7 Å². The molecule has 2 N–H and O–H groups in total. The summed E-state index contributed by atoms with van der Waals surface area (Å²) in [6.07, 6.45) is 8.51. The van der Waals surface area contributed by atoms with Crippen LogP contribution >= 0.6 is 0 Å². The Bertz CT molecular complexity index is 929. The maximum atomic E-state index is 12.5. The van der Waals surface area contributed by atoms with Crippen molar-refractivity contribution in [3.05, 3.63) is 35.8 Å². The number of aliphatic hydroxyl groups excluding tert-OH is 1. The van der Waals surface area contributed by atoms with Crippen LogP contribution in [0, 0.1) is 5.92 Å². The maximum absolute atomic E-state index is 12.5. The Kier molecular flexibility index (Phi) is 4.78. The van der Waals surface area contributed by atoms with E-state index < -0.39 is 10.8 Å². The molecule has 2 aromatic rings. The zero-order valence-corrected chi connectivity index (χ0v) is 17.5. The van der Waals surface area contributed by atoms with Gasteiger partial charge >= 0.3 is 0 Å². The second kappa shape index (κ2) is 7.32. The summed E-state index contributed by atoms with van der Waals surface area (Å²) in [7, 11) is 0.964. The highest BCUT2D eigenvalue weighted by Gasteiger charge is 2.41. The van der Waals surface area contributed by atoms with E-state index in [9.17, 15) is 9.32 Å². The van der Waals surface area contributed by atoms with Gasteiger partial charge in [-0.25, -0.2) is 4.98 Å². The van der Waals surface area contributed by atoms with Gasteiger partial charge in [0, 0.05) is 38.2 Å². The minimum Gasteiger partial charge on any atom is -0.394 e. The standard InChI is InChI=1S/C21H27N5O2S/c1-26(12-15-11-16(15)14-3-8-22-9-4-14)20-23-17-5-10-29(28)18(17)19(24-20)25-21(13-27)6-2-7-21/h3-4,8-9,15-16,27H,2,5-7,10-13H2,1H3,(H,23,24,25)/t15-,16-,29-/m1/s1. The fourth-order valence-corrected chi connectivity index (χ4v) is 5.82. The van der Waals surface area contributed by atoms with Gasteiger partial charge in [-0.1, -0.05) is 0 Å². The highest BCUT2D eigenvalue weighted by Crippen LogP contribution is 2.48. The summed E-state index contributed by atoms with van der Waals surface area (Å²) >= 11 is 0. The molecule has 3 atom stereocenters. The van der Waals surface area contributed by atoms with Gasteiger partial charge in [0.15, 0.2) is 0 Å². The van der Waals surface area contributed by atoms with Crippen LogP contribution in [-0.4, -0.2) is 55.8 Å². The van der Waals surface area contributed by atoms with Crippen molar-refractivity contribution in [2.75, 3.05) is 36.2 Å². The topological polar surface area (TPSA) is 91.2 Å². The van der Waals surface area contributed by atoms with E-state index in [4.69, 9.17) is 9.97 Å². The lowest BCUT2D eigenvalue weighted by Crippen LogP contribution is -2.48. The normalized spacial score (nSPS) is 26.5. The van der Waals surface area contributed by atoms with Gasteiger partial charge in [0.2, 0.25) is 5.95 Å². The number of nitrogens with zero attached hydrogens (tertiary/aromatic N) is 4. The minimum absolute atomic E-state index is 0.0687. The zero-order chi connectivity index (χ0) is 20.0. The number of fused-ring (bicyclic) bond motifs is 1. The van der Waals surface area contributed by atoms with Crippen molar-refractivity contribution in [3.63, 3.8) is 0 Å². The molecule has 8 heteroatoms. The van der Waals surface area contributed by atoms with Gasteiger partial charge in [-0.15, -0.1) is 0 Å². The van der Waals surface area contributed by atoms with Crippen molar-refractivity contribution >= 4 is 22.6 Å². The van der Waals surface area contributed by atoms with Crippen molar-refractivity contribution in [2.45, 2.75) is 48.5 Å². The molecule has 3 aliphatic rings. The number of nitrogens with one attached hydrogen (secondary N) is 1. The van der Waals surface area contributed by atoms with Crippen LogP contribution in [0.1, 0.15) is 42.9 Å². The number of pyridine rings is 1. The lowest BCUT2D eigenvalue weighted by molar-refractivity contribution is 0.143. The number of aliphatic hydroxyl groups is 1. The summed E-state index contributed by atoms with van der Waals surface area (Å²) in [6, 6.07) is 4.20. The van der Waals surface area contributed by atoms with E-state index in [0.717, 1.165) is 42.8 Å². The van der Waals surface area contributed by atoms with Crippen LogP contribution < -0.4 is 10.2 Å².